The summed E-state index contributed by atoms with van der Waals surface area (Å²) in [7, 11) is 1.21. The number of aliphatic hydroxyl groups is 1. The van der Waals surface area contributed by atoms with Crippen LogP contribution in [0, 0.1) is 5.82 Å². The molecule has 0 spiro atoms. The number of methoxy groups -OCH3 is 1. The molecule has 0 bridgehead atoms. The molecule has 1 unspecified atom stereocenters. The van der Waals surface area contributed by atoms with Crippen LogP contribution < -0.4 is 0 Å². The van der Waals surface area contributed by atoms with E-state index in [4.69, 9.17) is 4.42 Å². The Balaban J connectivity index is 1.99. The number of furan rings is 1. The van der Waals surface area contributed by atoms with Gasteiger partial charge in [-0.25, -0.2) is 4.39 Å². The minimum Gasteiger partial charge on any atom is -0.469 e. The zero-order valence-corrected chi connectivity index (χ0v) is 17.7. The van der Waals surface area contributed by atoms with E-state index in [9.17, 15) is 19.1 Å². The van der Waals surface area contributed by atoms with Crippen LogP contribution in [0.1, 0.15) is 43.9 Å². The van der Waals surface area contributed by atoms with Gasteiger partial charge in [-0.15, -0.1) is 0 Å². The molecule has 6 heteroatoms. The van der Waals surface area contributed by atoms with Crippen LogP contribution in [0.3, 0.4) is 0 Å². The Morgan fingerprint density at radius 1 is 1.16 bits per heavy atom. The number of Topliss-reactive ketones (excluding diaryl/α,β-unsaturated/α-hetero) is 1. The summed E-state index contributed by atoms with van der Waals surface area (Å²) in [6.07, 6.45) is 1.64. The number of esters is 1. The standard InChI is InChI=1S/C25H25FO5/c1-15(2)25-21(12-11-18(27)13-19(28)14-23(29)30-3)24-20(5-4-6-22(24)31-25)16-7-9-17(26)10-8-16/h4-12,15,18,27H,13-14H2,1-3H3. The van der Waals surface area contributed by atoms with Gasteiger partial charge in [-0.1, -0.05) is 50.3 Å². The maximum absolute atomic E-state index is 13.4. The fraction of sp³-hybridized carbons (Fsp3) is 0.280. The van der Waals surface area contributed by atoms with Crippen molar-refractivity contribution in [1.29, 1.82) is 0 Å². The number of fused-ring (bicyclic) bond motifs is 1. The lowest BCUT2D eigenvalue weighted by Gasteiger charge is -2.07. The number of aliphatic hydroxyl groups excluding tert-OH is 1. The second kappa shape index (κ2) is 9.71. The summed E-state index contributed by atoms with van der Waals surface area (Å²) >= 11 is 0. The van der Waals surface area contributed by atoms with Crippen LogP contribution in [-0.2, 0) is 14.3 Å². The molecule has 0 amide bonds. The lowest BCUT2D eigenvalue weighted by atomic mass is 9.95. The largest absolute Gasteiger partial charge is 0.469 e. The number of hydrogen-bond acceptors (Lipinski definition) is 5. The van der Waals surface area contributed by atoms with Crippen LogP contribution >= 0.6 is 0 Å². The highest BCUT2D eigenvalue weighted by atomic mass is 19.1. The third-order valence-corrected chi connectivity index (χ3v) is 4.95. The first-order valence-electron chi connectivity index (χ1n) is 10.1. The van der Waals surface area contributed by atoms with Gasteiger partial charge in [0.15, 0.2) is 0 Å². The molecule has 1 atom stereocenters. The van der Waals surface area contributed by atoms with E-state index in [2.05, 4.69) is 4.74 Å². The molecule has 0 fully saturated rings. The summed E-state index contributed by atoms with van der Waals surface area (Å²) in [4.78, 5) is 23.1. The third-order valence-electron chi connectivity index (χ3n) is 4.95. The summed E-state index contributed by atoms with van der Waals surface area (Å²) in [5, 5.41) is 11.1. The number of benzene rings is 2. The molecule has 3 aromatic rings. The van der Waals surface area contributed by atoms with Crippen molar-refractivity contribution in [3.63, 3.8) is 0 Å². The van der Waals surface area contributed by atoms with Crippen molar-refractivity contribution in [2.45, 2.75) is 38.7 Å². The van der Waals surface area contributed by atoms with Crippen molar-refractivity contribution in [2.24, 2.45) is 0 Å². The fourth-order valence-corrected chi connectivity index (χ4v) is 3.47. The van der Waals surface area contributed by atoms with Crippen LogP contribution in [-0.4, -0.2) is 30.1 Å². The first-order valence-corrected chi connectivity index (χ1v) is 10.1. The first kappa shape index (κ1) is 22.4. The zero-order valence-electron chi connectivity index (χ0n) is 17.7. The van der Waals surface area contributed by atoms with Gasteiger partial charge in [0.05, 0.1) is 13.2 Å². The van der Waals surface area contributed by atoms with Gasteiger partial charge in [-0.3, -0.25) is 9.59 Å². The maximum atomic E-state index is 13.4. The van der Waals surface area contributed by atoms with Gasteiger partial charge in [0.1, 0.15) is 29.4 Å². The first-order chi connectivity index (χ1) is 14.8. The predicted octanol–water partition coefficient (Wildman–Crippen LogP) is 5.26. The van der Waals surface area contributed by atoms with Crippen LogP contribution in [0.25, 0.3) is 28.2 Å². The second-order valence-corrected chi connectivity index (χ2v) is 7.64. The molecule has 0 saturated heterocycles. The molecule has 31 heavy (non-hydrogen) atoms. The highest BCUT2D eigenvalue weighted by molar-refractivity contribution is 6.01. The van der Waals surface area contributed by atoms with E-state index in [1.165, 1.54) is 25.3 Å². The van der Waals surface area contributed by atoms with Crippen LogP contribution in [0.15, 0.2) is 53.0 Å². The molecule has 0 aliphatic carbocycles. The number of halogens is 1. The maximum Gasteiger partial charge on any atom is 0.313 e. The van der Waals surface area contributed by atoms with Gasteiger partial charge in [0.25, 0.3) is 0 Å². The van der Waals surface area contributed by atoms with Crippen molar-refractivity contribution >= 4 is 28.8 Å². The molecule has 2 aromatic carbocycles. The minimum atomic E-state index is -1.06. The van der Waals surface area contributed by atoms with E-state index < -0.39 is 17.9 Å². The molecular weight excluding hydrogens is 399 g/mol. The van der Waals surface area contributed by atoms with E-state index in [0.717, 1.165) is 27.8 Å². The summed E-state index contributed by atoms with van der Waals surface area (Å²) in [5.41, 5.74) is 3.20. The van der Waals surface area contributed by atoms with Crippen molar-refractivity contribution in [1.82, 2.24) is 0 Å². The molecule has 0 saturated carbocycles. The van der Waals surface area contributed by atoms with E-state index in [1.54, 1.807) is 18.2 Å². The van der Waals surface area contributed by atoms with E-state index in [1.807, 2.05) is 32.0 Å². The quantitative estimate of drug-likeness (QED) is 0.394. The normalized spacial score (nSPS) is 12.6. The zero-order chi connectivity index (χ0) is 22.5. The van der Waals surface area contributed by atoms with Gasteiger partial charge in [-0.2, -0.15) is 0 Å². The molecule has 0 radical (unpaired) electrons. The smallest absolute Gasteiger partial charge is 0.313 e. The SMILES string of the molecule is COC(=O)CC(=O)CC(O)C=Cc1c(C(C)C)oc2cccc(-c3ccc(F)cc3)c12. The lowest BCUT2D eigenvalue weighted by molar-refractivity contribution is -0.143. The van der Waals surface area contributed by atoms with E-state index in [-0.39, 0.29) is 24.6 Å². The summed E-state index contributed by atoms with van der Waals surface area (Å²) in [5.74, 6) is -0.531. The van der Waals surface area contributed by atoms with Crippen LogP contribution in [0.2, 0.25) is 0 Å². The number of carbonyl (C=O) groups excluding carboxylic acids is 2. The van der Waals surface area contributed by atoms with E-state index in [0.29, 0.717) is 5.58 Å². The van der Waals surface area contributed by atoms with Gasteiger partial charge in [0, 0.05) is 23.3 Å². The van der Waals surface area contributed by atoms with Crippen molar-refractivity contribution in [3.8, 4) is 11.1 Å². The Kier molecular flexibility index (Phi) is 7.02. The average Bonchev–Trinajstić information content (AvgIpc) is 3.11. The molecule has 0 aliphatic heterocycles. The third kappa shape index (κ3) is 5.27. The molecule has 5 nitrogen and oxygen atoms in total. The summed E-state index contributed by atoms with van der Waals surface area (Å²) in [6, 6.07) is 11.9. The molecule has 1 heterocycles. The number of hydrogen-bond donors (Lipinski definition) is 1. The Hall–Kier alpha value is -3.25. The lowest BCUT2D eigenvalue weighted by Crippen LogP contribution is -2.15. The molecule has 0 aliphatic rings. The number of carbonyl (C=O) groups is 2. The molecule has 162 valence electrons. The van der Waals surface area contributed by atoms with Crippen LogP contribution in [0.5, 0.6) is 0 Å². The number of rotatable bonds is 8. The van der Waals surface area contributed by atoms with Gasteiger partial charge < -0.3 is 14.3 Å². The van der Waals surface area contributed by atoms with E-state index >= 15 is 0 Å². The predicted molar refractivity (Wildman–Crippen MR) is 117 cm³/mol. The van der Waals surface area contributed by atoms with Gasteiger partial charge in [0.2, 0.25) is 0 Å². The summed E-state index contributed by atoms with van der Waals surface area (Å²) < 4.78 is 24.0. The Morgan fingerprint density at radius 2 is 1.87 bits per heavy atom. The molecule has 3 rings (SSSR count). The van der Waals surface area contributed by atoms with Crippen LogP contribution in [0.4, 0.5) is 4.39 Å². The fourth-order valence-electron chi connectivity index (χ4n) is 3.47. The summed E-state index contributed by atoms with van der Waals surface area (Å²) in [6.45, 7) is 4.01. The molecular formula is C25H25FO5. The molecule has 1 N–H and O–H groups in total. The Morgan fingerprint density at radius 3 is 2.52 bits per heavy atom. The monoisotopic (exact) mass is 424 g/mol. The van der Waals surface area contributed by atoms with Gasteiger partial charge in [-0.05, 0) is 29.3 Å². The van der Waals surface area contributed by atoms with Gasteiger partial charge >= 0.3 is 5.97 Å². The highest BCUT2D eigenvalue weighted by Gasteiger charge is 2.19. The van der Waals surface area contributed by atoms with Crippen molar-refractivity contribution < 1.29 is 28.2 Å². The highest BCUT2D eigenvalue weighted by Crippen LogP contribution is 2.38. The topological polar surface area (TPSA) is 76.7 Å². The molecule has 1 aromatic heterocycles. The second-order valence-electron chi connectivity index (χ2n) is 7.64. The number of ether oxygens (including phenoxy) is 1. The minimum absolute atomic E-state index is 0.0752. The Bertz CT molecular complexity index is 1110. The van der Waals surface area contributed by atoms with Crippen molar-refractivity contribution in [3.05, 3.63) is 65.7 Å². The van der Waals surface area contributed by atoms with Crippen molar-refractivity contribution in [2.75, 3.05) is 7.11 Å². The Labute approximate surface area is 180 Å². The number of ketones is 1. The average molecular weight is 424 g/mol.